The number of pyridine rings is 2. The van der Waals surface area contributed by atoms with Crippen LogP contribution in [0.25, 0.3) is 16.7 Å². The first-order valence-corrected chi connectivity index (χ1v) is 11.4. The Hall–Kier alpha value is -3.30. The number of amidine groups is 1. The minimum absolute atomic E-state index is 0.0401. The van der Waals surface area contributed by atoms with Crippen LogP contribution in [0.2, 0.25) is 0 Å². The van der Waals surface area contributed by atoms with E-state index in [1.54, 1.807) is 24.3 Å². The van der Waals surface area contributed by atoms with Gasteiger partial charge in [-0.25, -0.2) is 15.0 Å². The predicted octanol–water partition coefficient (Wildman–Crippen LogP) is 4.64. The molecule has 0 unspecified atom stereocenters. The molecule has 3 aliphatic rings. The summed E-state index contributed by atoms with van der Waals surface area (Å²) < 4.78 is 41.1. The average molecular weight is 464 g/mol. The van der Waals surface area contributed by atoms with E-state index in [1.165, 1.54) is 18.0 Å². The fourth-order valence-electron chi connectivity index (χ4n) is 4.50. The molecule has 2 N–H and O–H groups in total. The van der Waals surface area contributed by atoms with E-state index in [2.05, 4.69) is 9.97 Å². The number of nitrogens with zero attached hydrogens (tertiary/aromatic N) is 3. The van der Waals surface area contributed by atoms with Gasteiger partial charge in [0.25, 0.3) is 5.95 Å². The largest absolute Gasteiger partial charge is 0.452 e. The Labute approximate surface area is 192 Å². The molecule has 1 aromatic carbocycles. The summed E-state index contributed by atoms with van der Waals surface area (Å²) in [6, 6.07) is 10.4. The summed E-state index contributed by atoms with van der Waals surface area (Å²) >= 11 is 1.39. The number of aromatic nitrogens is 2. The summed E-state index contributed by atoms with van der Waals surface area (Å²) in [5.74, 6) is -0.331. The molecule has 0 saturated carbocycles. The fraction of sp³-hybridized carbons (Fsp3) is 0.208. The highest BCUT2D eigenvalue weighted by Crippen LogP contribution is 2.54. The summed E-state index contributed by atoms with van der Waals surface area (Å²) in [6.45, 7) is 1.01. The van der Waals surface area contributed by atoms with Crippen molar-refractivity contribution in [3.05, 3.63) is 77.4 Å². The van der Waals surface area contributed by atoms with E-state index in [0.717, 1.165) is 5.57 Å². The van der Waals surface area contributed by atoms with Crippen molar-refractivity contribution in [2.24, 2.45) is 10.7 Å². The number of aliphatic imine (C=N–C) groups is 1. The third kappa shape index (κ3) is 3.22. The van der Waals surface area contributed by atoms with Gasteiger partial charge in [0, 0.05) is 28.6 Å². The van der Waals surface area contributed by atoms with Gasteiger partial charge in [0.2, 0.25) is 5.95 Å². The number of nitrogens with two attached hydrogens (primary N) is 1. The molecule has 2 aromatic heterocycles. The molecule has 166 valence electrons. The molecule has 0 amide bonds. The number of benzene rings is 1. The quantitative estimate of drug-likeness (QED) is 0.557. The highest BCUT2D eigenvalue weighted by atomic mass is 32.2. The van der Waals surface area contributed by atoms with Crippen LogP contribution in [0.5, 0.6) is 11.5 Å². The van der Waals surface area contributed by atoms with Gasteiger partial charge in [0.1, 0.15) is 11.3 Å². The standard InChI is InChI=1S/C24H18F2N4O2S/c25-21-15(2-1-7-28-21)14-3-4-19-16(10-14)24(12-33-23(27)30-24)17-11-18(13-5-8-31-9-6-13)29-22(26)20(17)32-19/h1-5,7,10-11H,6,8-9,12H2,(H2,27,30)/t24-/m0/s1. The van der Waals surface area contributed by atoms with E-state index < -0.39 is 17.4 Å². The molecular formula is C24H18F2N4O2S. The van der Waals surface area contributed by atoms with Crippen molar-refractivity contribution in [1.82, 2.24) is 9.97 Å². The Kier molecular flexibility index (Phi) is 4.70. The summed E-state index contributed by atoms with van der Waals surface area (Å²) in [4.78, 5) is 12.7. The van der Waals surface area contributed by atoms with E-state index in [1.807, 2.05) is 18.2 Å². The van der Waals surface area contributed by atoms with Gasteiger partial charge in [-0.15, -0.1) is 0 Å². The van der Waals surface area contributed by atoms with Crippen LogP contribution in [-0.2, 0) is 10.3 Å². The summed E-state index contributed by atoms with van der Waals surface area (Å²) in [5, 5.41) is 0.399. The monoisotopic (exact) mass is 464 g/mol. The number of rotatable bonds is 2. The topological polar surface area (TPSA) is 82.6 Å². The van der Waals surface area contributed by atoms with Crippen LogP contribution in [-0.4, -0.2) is 34.1 Å². The molecule has 0 saturated heterocycles. The van der Waals surface area contributed by atoms with E-state index in [-0.39, 0.29) is 5.75 Å². The van der Waals surface area contributed by atoms with Gasteiger partial charge in [-0.1, -0.05) is 23.9 Å². The molecular weight excluding hydrogens is 446 g/mol. The van der Waals surface area contributed by atoms with Crippen molar-refractivity contribution < 1.29 is 18.3 Å². The lowest BCUT2D eigenvalue weighted by Gasteiger charge is -2.35. The Morgan fingerprint density at radius 1 is 1.09 bits per heavy atom. The lowest BCUT2D eigenvalue weighted by atomic mass is 9.80. The highest BCUT2D eigenvalue weighted by Gasteiger charge is 2.47. The summed E-state index contributed by atoms with van der Waals surface area (Å²) in [7, 11) is 0. The third-order valence-corrected chi connectivity index (χ3v) is 7.06. The van der Waals surface area contributed by atoms with Gasteiger partial charge >= 0.3 is 0 Å². The molecule has 0 fully saturated rings. The molecule has 3 aliphatic heterocycles. The van der Waals surface area contributed by atoms with E-state index >= 15 is 4.39 Å². The molecule has 33 heavy (non-hydrogen) atoms. The van der Waals surface area contributed by atoms with Crippen molar-refractivity contribution in [2.45, 2.75) is 12.0 Å². The first kappa shape index (κ1) is 20.3. The number of halogens is 2. The molecule has 0 aliphatic carbocycles. The SMILES string of the molecule is NC1=N[C@@]2(CS1)c1cc(-c3cccnc3F)ccc1Oc1c2cc(C2=CCOCC2)nc1F. The Balaban J connectivity index is 1.57. The molecule has 5 heterocycles. The molecule has 0 radical (unpaired) electrons. The second-order valence-corrected chi connectivity index (χ2v) is 8.98. The molecule has 6 rings (SSSR count). The van der Waals surface area contributed by atoms with Crippen molar-refractivity contribution in [1.29, 1.82) is 0 Å². The smallest absolute Gasteiger partial charge is 0.256 e. The maximum atomic E-state index is 15.3. The fourth-order valence-corrected chi connectivity index (χ4v) is 5.46. The Morgan fingerprint density at radius 2 is 2.00 bits per heavy atom. The first-order chi connectivity index (χ1) is 16.0. The molecule has 0 bridgehead atoms. The minimum Gasteiger partial charge on any atom is -0.452 e. The number of hydrogen-bond acceptors (Lipinski definition) is 7. The van der Waals surface area contributed by atoms with Crippen molar-refractivity contribution >= 4 is 22.5 Å². The number of hydrogen-bond donors (Lipinski definition) is 1. The van der Waals surface area contributed by atoms with E-state index in [4.69, 9.17) is 20.2 Å². The third-order valence-electron chi connectivity index (χ3n) is 6.11. The number of ether oxygens (including phenoxy) is 2. The zero-order valence-electron chi connectivity index (χ0n) is 17.3. The number of fused-ring (bicyclic) bond motifs is 4. The normalized spacial score (nSPS) is 21.2. The van der Waals surface area contributed by atoms with Crippen molar-refractivity contribution in [2.75, 3.05) is 19.0 Å². The van der Waals surface area contributed by atoms with Crippen LogP contribution in [0.1, 0.15) is 23.2 Å². The van der Waals surface area contributed by atoms with Crippen LogP contribution in [0, 0.1) is 11.9 Å². The molecule has 3 aromatic rings. The second kappa shape index (κ2) is 7.64. The van der Waals surface area contributed by atoms with Gasteiger partial charge in [0.15, 0.2) is 10.9 Å². The lowest BCUT2D eigenvalue weighted by molar-refractivity contribution is 0.161. The van der Waals surface area contributed by atoms with Gasteiger partial charge in [-0.2, -0.15) is 8.78 Å². The average Bonchev–Trinajstić information content (AvgIpc) is 3.23. The molecule has 9 heteroatoms. The van der Waals surface area contributed by atoms with Gasteiger partial charge < -0.3 is 15.2 Å². The van der Waals surface area contributed by atoms with Crippen LogP contribution in [0.15, 0.2) is 53.7 Å². The van der Waals surface area contributed by atoms with E-state index in [9.17, 15) is 4.39 Å². The summed E-state index contributed by atoms with van der Waals surface area (Å²) in [5.41, 5.74) is 8.81. The first-order valence-electron chi connectivity index (χ1n) is 10.4. The predicted molar refractivity (Wildman–Crippen MR) is 122 cm³/mol. The van der Waals surface area contributed by atoms with E-state index in [0.29, 0.717) is 64.3 Å². The zero-order valence-corrected chi connectivity index (χ0v) is 18.2. The molecule has 1 atom stereocenters. The van der Waals surface area contributed by atoms with Crippen molar-refractivity contribution in [3.63, 3.8) is 0 Å². The second-order valence-electron chi connectivity index (χ2n) is 7.98. The minimum atomic E-state index is -0.976. The van der Waals surface area contributed by atoms with Gasteiger partial charge in [0.05, 0.1) is 18.9 Å². The van der Waals surface area contributed by atoms with Crippen LogP contribution >= 0.6 is 11.8 Å². The summed E-state index contributed by atoms with van der Waals surface area (Å²) in [6.07, 6.45) is 3.95. The van der Waals surface area contributed by atoms with Gasteiger partial charge in [-0.3, -0.25) is 0 Å². The molecule has 6 nitrogen and oxygen atoms in total. The van der Waals surface area contributed by atoms with Crippen LogP contribution in [0.4, 0.5) is 8.78 Å². The number of thioether (sulfide) groups is 1. The highest BCUT2D eigenvalue weighted by molar-refractivity contribution is 8.14. The maximum absolute atomic E-state index is 15.3. The van der Waals surface area contributed by atoms with Crippen molar-refractivity contribution in [3.8, 4) is 22.6 Å². The van der Waals surface area contributed by atoms with Crippen LogP contribution < -0.4 is 10.5 Å². The van der Waals surface area contributed by atoms with Crippen LogP contribution in [0.3, 0.4) is 0 Å². The Bertz CT molecular complexity index is 1360. The maximum Gasteiger partial charge on any atom is 0.256 e. The van der Waals surface area contributed by atoms with Gasteiger partial charge in [-0.05, 0) is 47.9 Å². The lowest BCUT2D eigenvalue weighted by Crippen LogP contribution is -2.31. The Morgan fingerprint density at radius 3 is 2.76 bits per heavy atom. The molecule has 1 spiro atoms. The zero-order chi connectivity index (χ0) is 22.6.